The van der Waals surface area contributed by atoms with Crippen molar-refractivity contribution in [3.8, 4) is 23.1 Å². The zero-order chi connectivity index (χ0) is 22.7. The first-order valence-corrected chi connectivity index (χ1v) is 10.2. The molecule has 0 saturated carbocycles. The fraction of sp³-hybridized carbons (Fsp3) is 0.364. The van der Waals surface area contributed by atoms with Gasteiger partial charge in [-0.15, -0.1) is 0 Å². The van der Waals surface area contributed by atoms with E-state index in [2.05, 4.69) is 20.0 Å². The average Bonchev–Trinajstić information content (AvgIpc) is 3.29. The largest absolute Gasteiger partial charge is 0.493 e. The summed E-state index contributed by atoms with van der Waals surface area (Å²) in [4.78, 5) is 25.8. The lowest BCUT2D eigenvalue weighted by atomic mass is 10.1. The molecule has 1 aliphatic rings. The van der Waals surface area contributed by atoms with Gasteiger partial charge in [0.1, 0.15) is 12.1 Å². The molecule has 0 bridgehead atoms. The molecule has 0 unspecified atom stereocenters. The molecule has 1 aliphatic heterocycles. The maximum atomic E-state index is 13.1. The van der Waals surface area contributed by atoms with Gasteiger partial charge in [0.05, 0.1) is 27.0 Å². The molecule has 10 heteroatoms. The summed E-state index contributed by atoms with van der Waals surface area (Å²) in [6, 6.07) is 7.19. The average molecular weight is 438 g/mol. The monoisotopic (exact) mass is 438 g/mol. The second kappa shape index (κ2) is 9.13. The van der Waals surface area contributed by atoms with Crippen molar-refractivity contribution in [2.45, 2.75) is 6.92 Å². The molecule has 1 fully saturated rings. The molecule has 168 valence electrons. The van der Waals surface area contributed by atoms with E-state index in [4.69, 9.17) is 14.2 Å². The van der Waals surface area contributed by atoms with Crippen molar-refractivity contribution in [1.29, 1.82) is 0 Å². The Hall–Kier alpha value is -3.82. The Labute approximate surface area is 186 Å². The predicted molar refractivity (Wildman–Crippen MR) is 118 cm³/mol. The van der Waals surface area contributed by atoms with E-state index in [1.54, 1.807) is 16.8 Å². The molecule has 0 N–H and O–H groups in total. The minimum atomic E-state index is -0.0840. The third-order valence-corrected chi connectivity index (χ3v) is 5.40. The van der Waals surface area contributed by atoms with Gasteiger partial charge in [-0.2, -0.15) is 5.10 Å². The topological polar surface area (TPSA) is 94.8 Å². The minimum absolute atomic E-state index is 0.0840. The molecule has 3 aromatic rings. The standard InChI is InChI=1S/C22H26N6O4/c1-15-5-6-28(25-15)20-13-19(23-14-24-20)26-7-9-27(10-8-26)22(29)16-11-17(30-2)21(32-4)18(12-16)31-3/h5-6,11-14H,7-10H2,1-4H3. The quantitative estimate of drug-likeness (QED) is 0.577. The van der Waals surface area contributed by atoms with Crippen molar-refractivity contribution >= 4 is 11.7 Å². The summed E-state index contributed by atoms with van der Waals surface area (Å²) in [5.74, 6) is 2.80. The van der Waals surface area contributed by atoms with E-state index in [9.17, 15) is 4.79 Å². The number of nitrogens with zero attached hydrogens (tertiary/aromatic N) is 6. The SMILES string of the molecule is COc1cc(C(=O)N2CCN(c3cc(-n4ccc(C)n4)ncn3)CC2)cc(OC)c1OC. The van der Waals surface area contributed by atoms with Gasteiger partial charge in [0.25, 0.3) is 5.91 Å². The molecule has 3 heterocycles. The zero-order valence-electron chi connectivity index (χ0n) is 18.6. The molecule has 0 atom stereocenters. The summed E-state index contributed by atoms with van der Waals surface area (Å²) in [5.41, 5.74) is 1.41. The van der Waals surface area contributed by atoms with E-state index in [0.717, 1.165) is 11.5 Å². The Morgan fingerprint density at radius 3 is 2.12 bits per heavy atom. The number of aryl methyl sites for hydroxylation is 1. The lowest BCUT2D eigenvalue weighted by Crippen LogP contribution is -2.49. The third-order valence-electron chi connectivity index (χ3n) is 5.40. The van der Waals surface area contributed by atoms with Gasteiger partial charge in [-0.1, -0.05) is 0 Å². The second-order valence-corrected chi connectivity index (χ2v) is 7.33. The summed E-state index contributed by atoms with van der Waals surface area (Å²) in [7, 11) is 4.60. The summed E-state index contributed by atoms with van der Waals surface area (Å²) >= 11 is 0. The summed E-state index contributed by atoms with van der Waals surface area (Å²) in [5, 5.41) is 4.40. The van der Waals surface area contributed by atoms with Gasteiger partial charge in [0, 0.05) is 44.0 Å². The molecule has 0 radical (unpaired) electrons. The first-order chi connectivity index (χ1) is 15.5. The number of carbonyl (C=O) groups excluding carboxylic acids is 1. The van der Waals surface area contributed by atoms with Crippen molar-refractivity contribution in [1.82, 2.24) is 24.6 Å². The molecule has 2 aromatic heterocycles. The van der Waals surface area contributed by atoms with Crippen LogP contribution in [0.1, 0.15) is 16.1 Å². The Bertz CT molecular complexity index is 1080. The van der Waals surface area contributed by atoms with E-state index in [1.165, 1.54) is 27.7 Å². The summed E-state index contributed by atoms with van der Waals surface area (Å²) in [6.45, 7) is 4.38. The number of hydrogen-bond donors (Lipinski definition) is 0. The number of anilines is 1. The second-order valence-electron chi connectivity index (χ2n) is 7.33. The fourth-order valence-electron chi connectivity index (χ4n) is 3.70. The zero-order valence-corrected chi connectivity index (χ0v) is 18.6. The smallest absolute Gasteiger partial charge is 0.254 e. The van der Waals surface area contributed by atoms with Gasteiger partial charge in [0.15, 0.2) is 17.3 Å². The number of carbonyl (C=O) groups is 1. The van der Waals surface area contributed by atoms with Crippen LogP contribution in [-0.2, 0) is 0 Å². The normalized spacial score (nSPS) is 13.8. The van der Waals surface area contributed by atoms with Gasteiger partial charge >= 0.3 is 0 Å². The Morgan fingerprint density at radius 1 is 0.906 bits per heavy atom. The highest BCUT2D eigenvalue weighted by Gasteiger charge is 2.25. The van der Waals surface area contributed by atoms with Crippen LogP contribution >= 0.6 is 0 Å². The van der Waals surface area contributed by atoms with Gasteiger partial charge in [-0.25, -0.2) is 14.6 Å². The minimum Gasteiger partial charge on any atom is -0.493 e. The van der Waals surface area contributed by atoms with Crippen molar-refractivity contribution in [3.63, 3.8) is 0 Å². The van der Waals surface area contributed by atoms with Crippen LogP contribution in [0.5, 0.6) is 17.2 Å². The molecule has 1 saturated heterocycles. The molecule has 32 heavy (non-hydrogen) atoms. The van der Waals surface area contributed by atoms with E-state index in [-0.39, 0.29) is 5.91 Å². The van der Waals surface area contributed by atoms with Crippen molar-refractivity contribution in [3.05, 3.63) is 48.0 Å². The number of rotatable bonds is 6. The first kappa shape index (κ1) is 21.4. The number of hydrogen-bond acceptors (Lipinski definition) is 8. The molecule has 0 spiro atoms. The van der Waals surface area contributed by atoms with Crippen LogP contribution in [-0.4, -0.2) is 78.1 Å². The van der Waals surface area contributed by atoms with Gasteiger partial charge in [-0.3, -0.25) is 4.79 Å². The summed E-state index contributed by atoms with van der Waals surface area (Å²) in [6.07, 6.45) is 3.41. The first-order valence-electron chi connectivity index (χ1n) is 10.2. The van der Waals surface area contributed by atoms with Gasteiger partial charge in [-0.05, 0) is 25.1 Å². The molecule has 1 aromatic carbocycles. The molecular formula is C22H26N6O4. The van der Waals surface area contributed by atoms with E-state index in [1.807, 2.05) is 30.2 Å². The third kappa shape index (κ3) is 4.16. The van der Waals surface area contributed by atoms with E-state index < -0.39 is 0 Å². The highest BCUT2D eigenvalue weighted by molar-refractivity contribution is 5.95. The van der Waals surface area contributed by atoms with Crippen LogP contribution < -0.4 is 19.1 Å². The predicted octanol–water partition coefficient (Wildman–Crippen LogP) is 1.96. The Kier molecular flexibility index (Phi) is 6.11. The lowest BCUT2D eigenvalue weighted by molar-refractivity contribution is 0.0745. The Morgan fingerprint density at radius 2 is 1.56 bits per heavy atom. The van der Waals surface area contributed by atoms with Crippen LogP contribution in [0.3, 0.4) is 0 Å². The van der Waals surface area contributed by atoms with Crippen molar-refractivity contribution < 1.29 is 19.0 Å². The maximum absolute atomic E-state index is 13.1. The van der Waals surface area contributed by atoms with E-state index >= 15 is 0 Å². The van der Waals surface area contributed by atoms with Crippen molar-refractivity contribution in [2.24, 2.45) is 0 Å². The van der Waals surface area contributed by atoms with Crippen LogP contribution in [0.4, 0.5) is 5.82 Å². The van der Waals surface area contributed by atoms with E-state index in [0.29, 0.717) is 54.8 Å². The number of amides is 1. The molecule has 1 amide bonds. The number of benzene rings is 1. The summed E-state index contributed by atoms with van der Waals surface area (Å²) < 4.78 is 17.8. The maximum Gasteiger partial charge on any atom is 0.254 e. The molecule has 4 rings (SSSR count). The molecular weight excluding hydrogens is 412 g/mol. The fourth-order valence-corrected chi connectivity index (χ4v) is 3.70. The van der Waals surface area contributed by atoms with Crippen LogP contribution in [0, 0.1) is 6.92 Å². The lowest BCUT2D eigenvalue weighted by Gasteiger charge is -2.35. The number of piperazine rings is 1. The molecule has 10 nitrogen and oxygen atoms in total. The number of ether oxygens (including phenoxy) is 3. The molecule has 0 aliphatic carbocycles. The number of methoxy groups -OCH3 is 3. The van der Waals surface area contributed by atoms with Crippen LogP contribution in [0.15, 0.2) is 36.8 Å². The highest BCUT2D eigenvalue weighted by atomic mass is 16.5. The van der Waals surface area contributed by atoms with Gasteiger partial charge in [0.2, 0.25) is 5.75 Å². The number of aromatic nitrogens is 4. The Balaban J connectivity index is 1.47. The van der Waals surface area contributed by atoms with Gasteiger partial charge < -0.3 is 24.0 Å². The van der Waals surface area contributed by atoms with Crippen LogP contribution in [0.2, 0.25) is 0 Å². The van der Waals surface area contributed by atoms with Crippen molar-refractivity contribution in [2.75, 3.05) is 52.4 Å². The van der Waals surface area contributed by atoms with Crippen LogP contribution in [0.25, 0.3) is 5.82 Å². The highest BCUT2D eigenvalue weighted by Crippen LogP contribution is 2.38.